The monoisotopic (exact) mass is 436 g/mol. The lowest BCUT2D eigenvalue weighted by Gasteiger charge is -2.32. The average Bonchev–Trinajstić information content (AvgIpc) is 2.80. The van der Waals surface area contributed by atoms with E-state index in [2.05, 4.69) is 25.6 Å². The van der Waals surface area contributed by atoms with Crippen molar-refractivity contribution in [2.24, 2.45) is 0 Å². The Morgan fingerprint density at radius 1 is 1.06 bits per heavy atom. The van der Waals surface area contributed by atoms with Gasteiger partial charge in [0.2, 0.25) is 0 Å². The molecule has 0 radical (unpaired) electrons. The molecule has 158 valence electrons. The standard InChI is InChI=1S/C21H21ClN8O/c22-14-3-1-4-15-18(14)21(31)30(29-11-9-23-10-12-29)17(28-15)6-8-25-20-19-16(26-13-27-20)5-2-7-24-19/h1-5,7,13,23H,6,8-12H2,(H,25,26,27). The van der Waals surface area contributed by atoms with Crippen LogP contribution in [0.25, 0.3) is 21.9 Å². The van der Waals surface area contributed by atoms with Gasteiger partial charge in [0, 0.05) is 45.3 Å². The Balaban J connectivity index is 1.49. The maximum absolute atomic E-state index is 13.4. The van der Waals surface area contributed by atoms with E-state index < -0.39 is 0 Å². The zero-order valence-corrected chi connectivity index (χ0v) is 17.5. The maximum atomic E-state index is 13.4. The Kier molecular flexibility index (Phi) is 5.35. The third-order valence-corrected chi connectivity index (χ3v) is 5.62. The van der Waals surface area contributed by atoms with Crippen molar-refractivity contribution in [1.82, 2.24) is 29.9 Å². The summed E-state index contributed by atoms with van der Waals surface area (Å²) in [6, 6.07) is 9.10. The highest BCUT2D eigenvalue weighted by Gasteiger charge is 2.19. The highest BCUT2D eigenvalue weighted by atomic mass is 35.5. The van der Waals surface area contributed by atoms with E-state index in [0.717, 1.165) is 31.7 Å². The van der Waals surface area contributed by atoms with Crippen LogP contribution in [0.4, 0.5) is 5.82 Å². The molecule has 1 fully saturated rings. The summed E-state index contributed by atoms with van der Waals surface area (Å²) in [7, 11) is 0. The van der Waals surface area contributed by atoms with Crippen LogP contribution in [0.2, 0.25) is 5.02 Å². The zero-order valence-electron chi connectivity index (χ0n) is 16.8. The third kappa shape index (κ3) is 3.77. The van der Waals surface area contributed by atoms with Crippen molar-refractivity contribution >= 4 is 39.4 Å². The molecule has 1 aromatic carbocycles. The summed E-state index contributed by atoms with van der Waals surface area (Å²) in [5.41, 5.74) is 1.95. The highest BCUT2D eigenvalue weighted by Crippen LogP contribution is 2.20. The Labute approximate surface area is 183 Å². The van der Waals surface area contributed by atoms with Crippen LogP contribution < -0.4 is 21.2 Å². The maximum Gasteiger partial charge on any atom is 0.281 e. The van der Waals surface area contributed by atoms with Crippen LogP contribution in [0.15, 0.2) is 47.7 Å². The van der Waals surface area contributed by atoms with Gasteiger partial charge in [-0.15, -0.1) is 0 Å². The second kappa shape index (κ2) is 8.44. The van der Waals surface area contributed by atoms with Crippen molar-refractivity contribution in [3.63, 3.8) is 0 Å². The molecule has 0 spiro atoms. The Morgan fingerprint density at radius 3 is 2.77 bits per heavy atom. The van der Waals surface area contributed by atoms with Gasteiger partial charge in [0.1, 0.15) is 17.7 Å². The second-order valence-electron chi connectivity index (χ2n) is 7.25. The van der Waals surface area contributed by atoms with E-state index in [1.165, 1.54) is 6.33 Å². The fourth-order valence-electron chi connectivity index (χ4n) is 3.85. The van der Waals surface area contributed by atoms with Gasteiger partial charge < -0.3 is 15.6 Å². The van der Waals surface area contributed by atoms with E-state index in [-0.39, 0.29) is 5.56 Å². The predicted molar refractivity (Wildman–Crippen MR) is 121 cm³/mol. The first-order valence-electron chi connectivity index (χ1n) is 10.2. The number of halogens is 1. The van der Waals surface area contributed by atoms with Gasteiger partial charge in [-0.05, 0) is 24.3 Å². The predicted octanol–water partition coefficient (Wildman–Crippen LogP) is 1.58. The molecule has 4 aromatic rings. The number of aromatic nitrogens is 5. The number of pyridine rings is 1. The molecule has 1 aliphatic heterocycles. The van der Waals surface area contributed by atoms with Gasteiger partial charge in [0.05, 0.1) is 21.4 Å². The largest absolute Gasteiger partial charge is 0.368 e. The molecule has 2 N–H and O–H groups in total. The Bertz CT molecular complexity index is 1300. The molecular formula is C21H21ClN8O. The molecule has 1 aliphatic rings. The number of piperazine rings is 1. The first kappa shape index (κ1) is 19.7. The normalized spacial score (nSPS) is 14.3. The van der Waals surface area contributed by atoms with Crippen molar-refractivity contribution < 1.29 is 0 Å². The van der Waals surface area contributed by atoms with E-state index >= 15 is 0 Å². The van der Waals surface area contributed by atoms with E-state index in [1.807, 2.05) is 29.3 Å². The number of fused-ring (bicyclic) bond motifs is 2. The van der Waals surface area contributed by atoms with Gasteiger partial charge in [0.15, 0.2) is 5.82 Å². The van der Waals surface area contributed by atoms with Gasteiger partial charge in [-0.2, -0.15) is 0 Å². The summed E-state index contributed by atoms with van der Waals surface area (Å²) in [6.07, 6.45) is 3.76. The van der Waals surface area contributed by atoms with Gasteiger partial charge in [-0.3, -0.25) is 9.78 Å². The lowest BCUT2D eigenvalue weighted by atomic mass is 10.2. The molecule has 31 heavy (non-hydrogen) atoms. The van der Waals surface area contributed by atoms with Gasteiger partial charge in [-0.25, -0.2) is 19.6 Å². The summed E-state index contributed by atoms with van der Waals surface area (Å²) in [5.74, 6) is 1.34. The van der Waals surface area contributed by atoms with Crippen LogP contribution in [-0.2, 0) is 6.42 Å². The zero-order chi connectivity index (χ0) is 21.2. The lowest BCUT2D eigenvalue weighted by Crippen LogP contribution is -2.54. The second-order valence-corrected chi connectivity index (χ2v) is 7.66. The molecule has 9 nitrogen and oxygen atoms in total. The summed E-state index contributed by atoms with van der Waals surface area (Å²) in [4.78, 5) is 31.1. The molecule has 4 heterocycles. The minimum Gasteiger partial charge on any atom is -0.368 e. The van der Waals surface area contributed by atoms with Crippen LogP contribution >= 0.6 is 11.6 Å². The molecule has 0 atom stereocenters. The van der Waals surface area contributed by atoms with Crippen molar-refractivity contribution in [1.29, 1.82) is 0 Å². The first-order chi connectivity index (χ1) is 15.2. The Morgan fingerprint density at radius 2 is 1.90 bits per heavy atom. The van der Waals surface area contributed by atoms with Crippen molar-refractivity contribution in [3.8, 4) is 0 Å². The summed E-state index contributed by atoms with van der Waals surface area (Å²) in [6.45, 7) is 3.59. The van der Waals surface area contributed by atoms with Crippen molar-refractivity contribution in [3.05, 3.63) is 64.1 Å². The molecule has 3 aromatic heterocycles. The number of hydrogen-bond donors (Lipinski definition) is 2. The highest BCUT2D eigenvalue weighted by molar-refractivity contribution is 6.35. The summed E-state index contributed by atoms with van der Waals surface area (Å²) >= 11 is 6.35. The molecule has 0 amide bonds. The first-order valence-corrected chi connectivity index (χ1v) is 10.6. The van der Waals surface area contributed by atoms with Gasteiger partial charge >= 0.3 is 0 Å². The van der Waals surface area contributed by atoms with Crippen molar-refractivity contribution in [2.45, 2.75) is 6.42 Å². The van der Waals surface area contributed by atoms with Crippen LogP contribution in [0.3, 0.4) is 0 Å². The molecule has 0 bridgehead atoms. The van der Waals surface area contributed by atoms with Gasteiger partial charge in [-0.1, -0.05) is 17.7 Å². The van der Waals surface area contributed by atoms with Crippen LogP contribution in [0, 0.1) is 0 Å². The van der Waals surface area contributed by atoms with Crippen LogP contribution in [0.5, 0.6) is 0 Å². The van der Waals surface area contributed by atoms with Crippen molar-refractivity contribution in [2.75, 3.05) is 43.0 Å². The minimum atomic E-state index is -0.137. The number of hydrogen-bond acceptors (Lipinski definition) is 8. The fourth-order valence-corrected chi connectivity index (χ4v) is 4.10. The van der Waals surface area contributed by atoms with E-state index in [1.54, 1.807) is 16.9 Å². The third-order valence-electron chi connectivity index (χ3n) is 5.30. The molecule has 0 saturated carbocycles. The molecular weight excluding hydrogens is 416 g/mol. The van der Waals surface area contributed by atoms with E-state index in [0.29, 0.717) is 46.1 Å². The number of anilines is 1. The number of rotatable bonds is 5. The Hall–Kier alpha value is -3.30. The molecule has 1 saturated heterocycles. The SMILES string of the molecule is O=c1c2c(Cl)cccc2nc(CCNc2ncnc3cccnc23)n1N1CCNCC1. The number of nitrogens with zero attached hydrogens (tertiary/aromatic N) is 6. The lowest BCUT2D eigenvalue weighted by molar-refractivity contribution is 0.467. The number of nitrogens with one attached hydrogen (secondary N) is 2. The minimum absolute atomic E-state index is 0.137. The van der Waals surface area contributed by atoms with E-state index in [9.17, 15) is 4.79 Å². The summed E-state index contributed by atoms with van der Waals surface area (Å²) < 4.78 is 1.69. The smallest absolute Gasteiger partial charge is 0.281 e. The van der Waals surface area contributed by atoms with Crippen LogP contribution in [0.1, 0.15) is 5.82 Å². The molecule has 0 aliphatic carbocycles. The molecule has 5 rings (SSSR count). The quantitative estimate of drug-likeness (QED) is 0.486. The molecule has 10 heteroatoms. The summed E-state index contributed by atoms with van der Waals surface area (Å²) in [5, 5.41) is 9.54. The van der Waals surface area contributed by atoms with Crippen LogP contribution in [-0.4, -0.2) is 57.3 Å². The topological polar surface area (TPSA) is 101 Å². The molecule has 0 unspecified atom stereocenters. The average molecular weight is 437 g/mol. The van der Waals surface area contributed by atoms with Gasteiger partial charge in [0.25, 0.3) is 5.56 Å². The fraction of sp³-hybridized carbons (Fsp3) is 0.286. The number of benzene rings is 1. The van der Waals surface area contributed by atoms with E-state index in [4.69, 9.17) is 16.6 Å².